The highest BCUT2D eigenvalue weighted by atomic mass is 79.9. The van der Waals surface area contributed by atoms with E-state index >= 15 is 0 Å². The summed E-state index contributed by atoms with van der Waals surface area (Å²) in [7, 11) is -4.31. The number of aliphatic carboxylic acids is 1. The van der Waals surface area contributed by atoms with Crippen LogP contribution in [0.25, 0.3) is 0 Å². The van der Waals surface area contributed by atoms with E-state index in [0.29, 0.717) is 15.4 Å². The van der Waals surface area contributed by atoms with Crippen LogP contribution in [0.1, 0.15) is 11.1 Å². The highest BCUT2D eigenvalue weighted by molar-refractivity contribution is 9.10. The molecule has 1 N–H and O–H groups in total. The maximum absolute atomic E-state index is 13.2. The van der Waals surface area contributed by atoms with Crippen molar-refractivity contribution in [3.8, 4) is 0 Å². The van der Waals surface area contributed by atoms with Crippen LogP contribution >= 0.6 is 15.9 Å². The van der Waals surface area contributed by atoms with E-state index in [1.165, 1.54) is 24.3 Å². The lowest BCUT2D eigenvalue weighted by molar-refractivity contribution is -0.141. The summed E-state index contributed by atoms with van der Waals surface area (Å²) in [5.74, 6) is -2.69. The Morgan fingerprint density at radius 2 is 1.64 bits per heavy atom. The molecule has 1 aliphatic rings. The highest BCUT2D eigenvalue weighted by Gasteiger charge is 2.50. The van der Waals surface area contributed by atoms with Crippen molar-refractivity contribution in [1.82, 2.24) is 8.61 Å². The van der Waals surface area contributed by atoms with Crippen LogP contribution in [-0.4, -0.2) is 46.6 Å². The number of carbonyl (C=O) groups is 2. The predicted octanol–water partition coefficient (Wildman–Crippen LogP) is 2.17. The average molecular weight is 471 g/mol. The number of carbonyl (C=O) groups excluding carboxylic acids is 1. The molecule has 1 heterocycles. The molecular formula is C18H16BrFN2O5S. The minimum absolute atomic E-state index is 0.00495. The molecule has 10 heteroatoms. The van der Waals surface area contributed by atoms with Gasteiger partial charge in [-0.15, -0.1) is 0 Å². The number of carboxylic acids is 1. The maximum Gasteiger partial charge on any atom is 0.324 e. The van der Waals surface area contributed by atoms with Gasteiger partial charge in [0, 0.05) is 11.0 Å². The van der Waals surface area contributed by atoms with E-state index in [4.69, 9.17) is 5.11 Å². The van der Waals surface area contributed by atoms with Gasteiger partial charge in [-0.1, -0.05) is 40.2 Å². The van der Waals surface area contributed by atoms with Gasteiger partial charge in [0.2, 0.25) is 0 Å². The second-order valence-electron chi connectivity index (χ2n) is 6.26. The third kappa shape index (κ3) is 4.23. The fraction of sp³-hybridized carbons (Fsp3) is 0.222. The molecule has 0 saturated carbocycles. The molecule has 1 amide bonds. The quantitative estimate of drug-likeness (QED) is 0.697. The van der Waals surface area contributed by atoms with Gasteiger partial charge in [-0.25, -0.2) is 8.70 Å². The van der Waals surface area contributed by atoms with Crippen LogP contribution in [0, 0.1) is 5.82 Å². The number of amides is 1. The fourth-order valence-electron chi connectivity index (χ4n) is 2.97. The summed E-state index contributed by atoms with van der Waals surface area (Å²) < 4.78 is 41.1. The molecule has 1 saturated heterocycles. The van der Waals surface area contributed by atoms with E-state index in [-0.39, 0.29) is 13.0 Å². The van der Waals surface area contributed by atoms with Crippen molar-refractivity contribution < 1.29 is 27.5 Å². The number of nitrogens with zero attached hydrogens (tertiary/aromatic N) is 2. The maximum atomic E-state index is 13.2. The minimum Gasteiger partial charge on any atom is -0.480 e. The molecule has 3 rings (SSSR count). The summed E-state index contributed by atoms with van der Waals surface area (Å²) in [4.78, 5) is 23.8. The van der Waals surface area contributed by atoms with Crippen molar-refractivity contribution in [3.63, 3.8) is 0 Å². The zero-order valence-corrected chi connectivity index (χ0v) is 16.9. The molecule has 28 heavy (non-hydrogen) atoms. The number of hydrogen-bond donors (Lipinski definition) is 1. The first kappa shape index (κ1) is 20.4. The van der Waals surface area contributed by atoms with Gasteiger partial charge in [0.1, 0.15) is 18.4 Å². The second-order valence-corrected chi connectivity index (χ2v) is 8.99. The summed E-state index contributed by atoms with van der Waals surface area (Å²) in [6.45, 7) is -1.04. The molecule has 1 aliphatic heterocycles. The standard InChI is InChI=1S/C18H16BrFN2O5S/c19-14-5-1-13(2-6-14)10-21-16(9-12-3-7-15(20)8-4-12)18(25)22(11-17(23)24)28(21,26)27/h1-8,16H,9-11H2,(H,23,24)/t16-/m0/s1. The van der Waals surface area contributed by atoms with Gasteiger partial charge in [-0.05, 0) is 41.8 Å². The molecule has 1 fully saturated rings. The Morgan fingerprint density at radius 1 is 1.07 bits per heavy atom. The molecule has 2 aromatic rings. The smallest absolute Gasteiger partial charge is 0.324 e. The van der Waals surface area contributed by atoms with Gasteiger partial charge in [0.05, 0.1) is 0 Å². The molecule has 0 spiro atoms. The molecule has 0 aromatic heterocycles. The van der Waals surface area contributed by atoms with Gasteiger partial charge in [-0.2, -0.15) is 12.7 Å². The van der Waals surface area contributed by atoms with Crippen molar-refractivity contribution >= 4 is 38.0 Å². The third-order valence-corrected chi connectivity index (χ3v) is 6.70. The van der Waals surface area contributed by atoms with Crippen LogP contribution in [0.5, 0.6) is 0 Å². The number of halogens is 2. The molecule has 0 unspecified atom stereocenters. The molecule has 7 nitrogen and oxygen atoms in total. The first-order chi connectivity index (χ1) is 13.2. The van der Waals surface area contributed by atoms with Gasteiger partial charge in [0.15, 0.2) is 0 Å². The molecule has 0 aliphatic carbocycles. The van der Waals surface area contributed by atoms with Crippen molar-refractivity contribution in [2.75, 3.05) is 6.54 Å². The van der Waals surface area contributed by atoms with E-state index in [9.17, 15) is 22.4 Å². The Labute approximate surface area is 169 Å². The summed E-state index contributed by atoms with van der Waals surface area (Å²) in [6, 6.07) is 11.2. The summed E-state index contributed by atoms with van der Waals surface area (Å²) in [5.41, 5.74) is 1.20. The van der Waals surface area contributed by atoms with Crippen LogP contribution in [0.3, 0.4) is 0 Å². The summed E-state index contributed by atoms with van der Waals surface area (Å²) >= 11 is 3.30. The molecule has 1 atom stereocenters. The van der Waals surface area contributed by atoms with Crippen LogP contribution < -0.4 is 0 Å². The van der Waals surface area contributed by atoms with Crippen LogP contribution in [0.2, 0.25) is 0 Å². The van der Waals surface area contributed by atoms with Crippen LogP contribution in [0.15, 0.2) is 53.0 Å². The molecular weight excluding hydrogens is 455 g/mol. The minimum atomic E-state index is -4.31. The Morgan fingerprint density at radius 3 is 2.21 bits per heavy atom. The third-order valence-electron chi connectivity index (χ3n) is 4.33. The van der Waals surface area contributed by atoms with E-state index < -0.39 is 40.5 Å². The largest absolute Gasteiger partial charge is 0.480 e. The molecule has 0 bridgehead atoms. The molecule has 0 radical (unpaired) electrons. The number of rotatable bonds is 6. The topological polar surface area (TPSA) is 95.0 Å². The lowest BCUT2D eigenvalue weighted by Crippen LogP contribution is -2.37. The zero-order chi connectivity index (χ0) is 20.5. The first-order valence-electron chi connectivity index (χ1n) is 8.22. The highest BCUT2D eigenvalue weighted by Crippen LogP contribution is 2.29. The zero-order valence-electron chi connectivity index (χ0n) is 14.5. The van der Waals surface area contributed by atoms with E-state index in [1.807, 2.05) is 0 Å². The van der Waals surface area contributed by atoms with Crippen molar-refractivity contribution in [1.29, 1.82) is 0 Å². The van der Waals surface area contributed by atoms with Gasteiger partial charge >= 0.3 is 16.2 Å². The second kappa shape index (κ2) is 7.98. The van der Waals surface area contributed by atoms with E-state index in [2.05, 4.69) is 15.9 Å². The monoisotopic (exact) mass is 470 g/mol. The molecule has 2 aromatic carbocycles. The van der Waals surface area contributed by atoms with Gasteiger partial charge < -0.3 is 5.11 Å². The van der Waals surface area contributed by atoms with Crippen molar-refractivity contribution in [2.24, 2.45) is 0 Å². The van der Waals surface area contributed by atoms with Crippen LogP contribution in [0.4, 0.5) is 4.39 Å². The van der Waals surface area contributed by atoms with Gasteiger partial charge in [0.25, 0.3) is 5.91 Å². The average Bonchev–Trinajstić information content (AvgIpc) is 2.80. The Bertz CT molecular complexity index is 996. The SMILES string of the molecule is O=C(O)CN1C(=O)[C@H](Cc2ccc(F)cc2)N(Cc2ccc(Br)cc2)S1(=O)=O. The summed E-state index contributed by atoms with van der Waals surface area (Å²) in [6.07, 6.45) is 0.00495. The van der Waals surface area contributed by atoms with Crippen molar-refractivity contribution in [2.45, 2.75) is 19.0 Å². The Kier molecular flexibility index (Phi) is 5.82. The lowest BCUT2D eigenvalue weighted by Gasteiger charge is -2.20. The number of carboxylic acid groups (broad SMARTS) is 1. The summed E-state index contributed by atoms with van der Waals surface area (Å²) in [5, 5.41) is 9.01. The first-order valence-corrected chi connectivity index (χ1v) is 10.4. The van der Waals surface area contributed by atoms with E-state index in [0.717, 1.165) is 8.78 Å². The van der Waals surface area contributed by atoms with Gasteiger partial charge in [-0.3, -0.25) is 9.59 Å². The number of benzene rings is 2. The predicted molar refractivity (Wildman–Crippen MR) is 102 cm³/mol. The lowest BCUT2D eigenvalue weighted by atomic mass is 10.0. The van der Waals surface area contributed by atoms with Crippen LogP contribution in [-0.2, 0) is 32.8 Å². The molecule has 148 valence electrons. The van der Waals surface area contributed by atoms with E-state index in [1.54, 1.807) is 24.3 Å². The fourth-order valence-corrected chi connectivity index (χ4v) is 4.91. The van der Waals surface area contributed by atoms with Crippen molar-refractivity contribution in [3.05, 3.63) is 69.9 Å². The Hall–Kier alpha value is -2.30. The number of hydrogen-bond acceptors (Lipinski definition) is 4. The normalized spacial score (nSPS) is 19.1. The Balaban J connectivity index is 1.96.